The molecule has 0 aromatic heterocycles. The summed E-state index contributed by atoms with van der Waals surface area (Å²) < 4.78 is 0. The topological polar surface area (TPSA) is 76.4 Å². The van der Waals surface area contributed by atoms with Crippen LogP contribution in [0.4, 0.5) is 0 Å². The molecule has 12 heavy (non-hydrogen) atoms. The summed E-state index contributed by atoms with van der Waals surface area (Å²) in [6.07, 6.45) is 1.04. The molecule has 1 unspecified atom stereocenters. The van der Waals surface area contributed by atoms with Gasteiger partial charge in [-0.3, -0.25) is 5.43 Å². The van der Waals surface area contributed by atoms with Gasteiger partial charge in [-0.05, 0) is 24.9 Å². The Hall–Kier alpha value is -0.420. The Kier molecular flexibility index (Phi) is 6.99. The van der Waals surface area contributed by atoms with E-state index in [2.05, 4.69) is 17.3 Å². The summed E-state index contributed by atoms with van der Waals surface area (Å²) in [5.41, 5.74) is 7.69. The predicted molar refractivity (Wildman–Crippen MR) is 56.0 cm³/mol. The minimum atomic E-state index is 0.250. The van der Waals surface area contributed by atoms with Crippen molar-refractivity contribution in [2.24, 2.45) is 16.6 Å². The van der Waals surface area contributed by atoms with E-state index in [0.29, 0.717) is 5.96 Å². The zero-order valence-corrected chi connectivity index (χ0v) is 8.53. The van der Waals surface area contributed by atoms with Gasteiger partial charge in [-0.25, -0.2) is 10.8 Å². The Morgan fingerprint density at radius 3 is 2.83 bits per heavy atom. The first-order valence-corrected chi connectivity index (χ1v) is 5.23. The van der Waals surface area contributed by atoms with Crippen molar-refractivity contribution in [3.63, 3.8) is 0 Å². The summed E-state index contributed by atoms with van der Waals surface area (Å²) in [7, 11) is 0. The maximum atomic E-state index is 5.39. The van der Waals surface area contributed by atoms with E-state index in [9.17, 15) is 0 Å². The first kappa shape index (κ1) is 11.6. The molecule has 1 atom stereocenters. The second kappa shape index (κ2) is 7.24. The Labute approximate surface area is 78.1 Å². The molecule has 0 rings (SSSR count). The highest BCUT2D eigenvalue weighted by molar-refractivity contribution is 7.99. The van der Waals surface area contributed by atoms with Gasteiger partial charge >= 0.3 is 0 Å². The molecule has 0 heterocycles. The lowest BCUT2D eigenvalue weighted by molar-refractivity contribution is 0.715. The summed E-state index contributed by atoms with van der Waals surface area (Å²) in [5, 5.41) is 0. The largest absolute Gasteiger partial charge is 0.369 e. The van der Waals surface area contributed by atoms with E-state index < -0.39 is 0 Å². The molecular weight excluding hydrogens is 172 g/mol. The van der Waals surface area contributed by atoms with Crippen LogP contribution in [0.2, 0.25) is 0 Å². The molecule has 4 nitrogen and oxygen atoms in total. The third kappa shape index (κ3) is 6.30. The monoisotopic (exact) mass is 190 g/mol. The standard InChI is InChI=1S/C7H18N4S/c1-3-12-5-4-6(2)10-7(8)11-9/h6H,3-5,9H2,1-2H3,(H3,8,10,11). The van der Waals surface area contributed by atoms with Crippen molar-refractivity contribution in [2.45, 2.75) is 26.3 Å². The summed E-state index contributed by atoms with van der Waals surface area (Å²) in [5.74, 6) is 7.65. The number of nitrogens with two attached hydrogens (primary N) is 2. The van der Waals surface area contributed by atoms with Gasteiger partial charge in [-0.15, -0.1) is 0 Å². The fourth-order valence-corrected chi connectivity index (χ4v) is 1.53. The number of nitrogens with one attached hydrogen (secondary N) is 1. The molecule has 0 aromatic carbocycles. The summed E-state index contributed by atoms with van der Waals surface area (Å²) in [6.45, 7) is 4.18. The Bertz CT molecular complexity index is 137. The lowest BCUT2D eigenvalue weighted by Crippen LogP contribution is -2.37. The van der Waals surface area contributed by atoms with Crippen LogP contribution in [0.25, 0.3) is 0 Å². The normalized spacial score (nSPS) is 14.4. The van der Waals surface area contributed by atoms with Gasteiger partial charge < -0.3 is 5.73 Å². The Balaban J connectivity index is 3.51. The Morgan fingerprint density at radius 2 is 2.33 bits per heavy atom. The molecule has 0 aliphatic rings. The molecule has 0 radical (unpaired) electrons. The zero-order valence-electron chi connectivity index (χ0n) is 7.71. The van der Waals surface area contributed by atoms with E-state index in [1.807, 2.05) is 18.7 Å². The van der Waals surface area contributed by atoms with Gasteiger partial charge in [0.05, 0.1) is 6.04 Å². The van der Waals surface area contributed by atoms with Crippen LogP contribution in [-0.4, -0.2) is 23.5 Å². The fraction of sp³-hybridized carbons (Fsp3) is 0.857. The van der Waals surface area contributed by atoms with Gasteiger partial charge in [0.2, 0.25) is 5.96 Å². The molecule has 0 aliphatic heterocycles. The molecule has 0 aromatic rings. The number of thioether (sulfide) groups is 1. The van der Waals surface area contributed by atoms with Crippen LogP contribution in [-0.2, 0) is 0 Å². The van der Waals surface area contributed by atoms with Crippen molar-refractivity contribution in [1.82, 2.24) is 5.43 Å². The second-order valence-corrected chi connectivity index (χ2v) is 3.89. The molecule has 0 aliphatic carbocycles. The van der Waals surface area contributed by atoms with Gasteiger partial charge in [-0.2, -0.15) is 11.8 Å². The van der Waals surface area contributed by atoms with Gasteiger partial charge in [0.25, 0.3) is 0 Å². The van der Waals surface area contributed by atoms with Crippen molar-refractivity contribution >= 4 is 17.7 Å². The summed E-state index contributed by atoms with van der Waals surface area (Å²) >= 11 is 1.91. The summed E-state index contributed by atoms with van der Waals surface area (Å²) in [6, 6.07) is 0.250. The predicted octanol–water partition coefficient (Wildman–Crippen LogP) is 0.296. The maximum absolute atomic E-state index is 5.39. The molecule has 5 N–H and O–H groups in total. The third-order valence-electron chi connectivity index (χ3n) is 1.39. The highest BCUT2D eigenvalue weighted by Crippen LogP contribution is 2.05. The quantitative estimate of drug-likeness (QED) is 0.191. The molecule has 0 saturated heterocycles. The molecular formula is C7H18N4S. The number of guanidine groups is 1. The number of nitrogens with zero attached hydrogens (tertiary/aromatic N) is 1. The average Bonchev–Trinajstić information content (AvgIpc) is 2.05. The minimum absolute atomic E-state index is 0.250. The van der Waals surface area contributed by atoms with Crippen molar-refractivity contribution in [1.29, 1.82) is 0 Å². The highest BCUT2D eigenvalue weighted by Gasteiger charge is 1.99. The van der Waals surface area contributed by atoms with Crippen LogP contribution in [0.5, 0.6) is 0 Å². The average molecular weight is 190 g/mol. The first-order chi connectivity index (χ1) is 5.70. The van der Waals surface area contributed by atoms with E-state index in [1.165, 1.54) is 0 Å². The molecule has 0 amide bonds. The van der Waals surface area contributed by atoms with E-state index in [4.69, 9.17) is 11.6 Å². The van der Waals surface area contributed by atoms with Crippen LogP contribution in [0.1, 0.15) is 20.3 Å². The van der Waals surface area contributed by atoms with Gasteiger partial charge in [0, 0.05) is 0 Å². The third-order valence-corrected chi connectivity index (χ3v) is 2.32. The van der Waals surface area contributed by atoms with Crippen LogP contribution in [0.3, 0.4) is 0 Å². The molecule has 0 bridgehead atoms. The SMILES string of the molecule is CCSCCC(C)N=C(N)NN. The van der Waals surface area contributed by atoms with E-state index >= 15 is 0 Å². The van der Waals surface area contributed by atoms with Gasteiger partial charge in [0.15, 0.2) is 0 Å². The van der Waals surface area contributed by atoms with Crippen LogP contribution in [0, 0.1) is 0 Å². The lowest BCUT2D eigenvalue weighted by Gasteiger charge is -2.06. The first-order valence-electron chi connectivity index (χ1n) is 4.08. The second-order valence-electron chi connectivity index (χ2n) is 2.49. The zero-order chi connectivity index (χ0) is 9.40. The van der Waals surface area contributed by atoms with Crippen molar-refractivity contribution in [2.75, 3.05) is 11.5 Å². The molecule has 72 valence electrons. The number of rotatable bonds is 5. The van der Waals surface area contributed by atoms with Crippen molar-refractivity contribution < 1.29 is 0 Å². The van der Waals surface area contributed by atoms with E-state index in [1.54, 1.807) is 0 Å². The smallest absolute Gasteiger partial charge is 0.203 e. The van der Waals surface area contributed by atoms with E-state index in [0.717, 1.165) is 17.9 Å². The number of hydrogen-bond donors (Lipinski definition) is 3. The van der Waals surface area contributed by atoms with Crippen molar-refractivity contribution in [3.8, 4) is 0 Å². The number of aliphatic imine (C=N–C) groups is 1. The molecule has 5 heteroatoms. The number of hydrazine groups is 1. The van der Waals surface area contributed by atoms with Gasteiger partial charge in [0.1, 0.15) is 0 Å². The Morgan fingerprint density at radius 1 is 1.67 bits per heavy atom. The van der Waals surface area contributed by atoms with Gasteiger partial charge in [-0.1, -0.05) is 6.92 Å². The van der Waals surface area contributed by atoms with Crippen LogP contribution >= 0.6 is 11.8 Å². The van der Waals surface area contributed by atoms with Crippen LogP contribution in [0.15, 0.2) is 4.99 Å². The van der Waals surface area contributed by atoms with Crippen molar-refractivity contribution in [3.05, 3.63) is 0 Å². The molecule has 0 spiro atoms. The van der Waals surface area contributed by atoms with E-state index in [-0.39, 0.29) is 6.04 Å². The lowest BCUT2D eigenvalue weighted by atomic mass is 10.3. The minimum Gasteiger partial charge on any atom is -0.369 e. The molecule has 0 saturated carbocycles. The highest BCUT2D eigenvalue weighted by atomic mass is 32.2. The maximum Gasteiger partial charge on any atom is 0.203 e. The fourth-order valence-electron chi connectivity index (χ4n) is 0.737. The van der Waals surface area contributed by atoms with Crippen LogP contribution < -0.4 is 17.0 Å². The summed E-state index contributed by atoms with van der Waals surface area (Å²) in [4.78, 5) is 4.11. The number of hydrogen-bond acceptors (Lipinski definition) is 3. The molecule has 0 fully saturated rings.